The van der Waals surface area contributed by atoms with Crippen LogP contribution in [0.1, 0.15) is 12.5 Å². The topological polar surface area (TPSA) is 37.4 Å². The van der Waals surface area contributed by atoms with Crippen LogP contribution in [0.5, 0.6) is 0 Å². The second kappa shape index (κ2) is 6.41. The zero-order valence-electron chi connectivity index (χ0n) is 12.0. The van der Waals surface area contributed by atoms with Crippen LogP contribution in [0.15, 0.2) is 53.4 Å². The lowest BCUT2D eigenvalue weighted by molar-refractivity contribution is -0.137. The molecule has 8 heteroatoms. The molecule has 0 radical (unpaired) electrons. The predicted octanol–water partition coefficient (Wildman–Crippen LogP) is 4.57. The Bertz CT molecular complexity index is 792. The summed E-state index contributed by atoms with van der Waals surface area (Å²) >= 11 is 5.94. The maximum Gasteiger partial charge on any atom is 0.416 e. The summed E-state index contributed by atoms with van der Waals surface area (Å²) in [6.07, 6.45) is -4.59. The fourth-order valence-electron chi connectivity index (χ4n) is 2.07. The minimum Gasteiger partial charge on any atom is -0.265 e. The normalized spacial score (nSPS) is 12.2. The summed E-state index contributed by atoms with van der Waals surface area (Å²) in [6.45, 7) is 1.47. The van der Waals surface area contributed by atoms with E-state index in [0.717, 1.165) is 22.5 Å². The van der Waals surface area contributed by atoms with Crippen LogP contribution < -0.4 is 4.31 Å². The summed E-state index contributed by atoms with van der Waals surface area (Å²) in [7, 11) is -4.01. The Morgan fingerprint density at radius 2 is 1.70 bits per heavy atom. The summed E-state index contributed by atoms with van der Waals surface area (Å²) in [5.41, 5.74) is -1.16. The van der Waals surface area contributed by atoms with Gasteiger partial charge in [0.05, 0.1) is 21.2 Å². The monoisotopic (exact) mass is 363 g/mol. The van der Waals surface area contributed by atoms with Crippen LogP contribution in [0.2, 0.25) is 5.02 Å². The Morgan fingerprint density at radius 3 is 2.22 bits per heavy atom. The van der Waals surface area contributed by atoms with Crippen molar-refractivity contribution in [1.82, 2.24) is 0 Å². The fraction of sp³-hybridized carbons (Fsp3) is 0.200. The van der Waals surface area contributed by atoms with Gasteiger partial charge < -0.3 is 0 Å². The number of rotatable bonds is 4. The molecule has 3 nitrogen and oxygen atoms in total. The van der Waals surface area contributed by atoms with E-state index in [-0.39, 0.29) is 22.2 Å². The Balaban J connectivity index is 2.58. The molecule has 23 heavy (non-hydrogen) atoms. The van der Waals surface area contributed by atoms with E-state index in [9.17, 15) is 21.6 Å². The molecule has 0 aliphatic carbocycles. The van der Waals surface area contributed by atoms with Gasteiger partial charge in [-0.25, -0.2) is 8.42 Å². The Labute approximate surface area is 137 Å². The largest absolute Gasteiger partial charge is 0.416 e. The molecule has 2 rings (SSSR count). The third kappa shape index (κ3) is 3.61. The number of sulfonamides is 1. The zero-order chi connectivity index (χ0) is 17.3. The SMILES string of the molecule is CCN(c1cc(C(F)(F)F)ccc1Cl)S(=O)(=O)c1ccccc1. The van der Waals surface area contributed by atoms with E-state index >= 15 is 0 Å². The first-order valence-electron chi connectivity index (χ1n) is 6.62. The molecule has 0 unspecified atom stereocenters. The lowest BCUT2D eigenvalue weighted by Gasteiger charge is -2.24. The lowest BCUT2D eigenvalue weighted by atomic mass is 10.2. The number of anilines is 1. The molecular weight excluding hydrogens is 351 g/mol. The van der Waals surface area contributed by atoms with Gasteiger partial charge in [-0.05, 0) is 37.3 Å². The summed E-state index contributed by atoms with van der Waals surface area (Å²) in [5.74, 6) is 0. The number of nitrogens with zero attached hydrogens (tertiary/aromatic N) is 1. The summed E-state index contributed by atoms with van der Waals surface area (Å²) in [5, 5.41) is -0.0700. The first kappa shape index (κ1) is 17.6. The first-order chi connectivity index (χ1) is 10.7. The molecule has 2 aromatic rings. The van der Waals surface area contributed by atoms with Gasteiger partial charge in [-0.2, -0.15) is 13.2 Å². The number of benzene rings is 2. The van der Waals surface area contributed by atoms with E-state index in [4.69, 9.17) is 11.6 Å². The van der Waals surface area contributed by atoms with Crippen molar-refractivity contribution in [2.24, 2.45) is 0 Å². The lowest BCUT2D eigenvalue weighted by Crippen LogP contribution is -2.31. The van der Waals surface area contributed by atoms with E-state index in [2.05, 4.69) is 0 Å². The van der Waals surface area contributed by atoms with Crippen LogP contribution >= 0.6 is 11.6 Å². The predicted molar refractivity (Wildman–Crippen MR) is 83.1 cm³/mol. The van der Waals surface area contributed by atoms with Crippen LogP contribution in [-0.4, -0.2) is 15.0 Å². The highest BCUT2D eigenvalue weighted by molar-refractivity contribution is 7.92. The Morgan fingerprint density at radius 1 is 1.09 bits per heavy atom. The van der Waals surface area contributed by atoms with Crippen LogP contribution in [0.3, 0.4) is 0 Å². The molecule has 0 fully saturated rings. The highest BCUT2D eigenvalue weighted by atomic mass is 35.5. The van der Waals surface area contributed by atoms with E-state index in [0.29, 0.717) is 0 Å². The first-order valence-corrected chi connectivity index (χ1v) is 8.44. The van der Waals surface area contributed by atoms with Crippen molar-refractivity contribution in [2.75, 3.05) is 10.8 Å². The van der Waals surface area contributed by atoms with Crippen molar-refractivity contribution in [3.8, 4) is 0 Å². The van der Waals surface area contributed by atoms with Gasteiger partial charge in [-0.1, -0.05) is 29.8 Å². The van der Waals surface area contributed by atoms with E-state index < -0.39 is 21.8 Å². The van der Waals surface area contributed by atoms with Gasteiger partial charge in [0, 0.05) is 6.54 Å². The van der Waals surface area contributed by atoms with E-state index in [1.807, 2.05) is 0 Å². The van der Waals surface area contributed by atoms with Crippen molar-refractivity contribution in [2.45, 2.75) is 18.0 Å². The second-order valence-electron chi connectivity index (χ2n) is 4.65. The van der Waals surface area contributed by atoms with Gasteiger partial charge in [0.15, 0.2) is 0 Å². The molecule has 0 aliphatic rings. The van der Waals surface area contributed by atoms with Crippen molar-refractivity contribution in [3.05, 3.63) is 59.1 Å². The van der Waals surface area contributed by atoms with Gasteiger partial charge in [0.25, 0.3) is 10.0 Å². The van der Waals surface area contributed by atoms with Gasteiger partial charge >= 0.3 is 6.18 Å². The molecule has 2 aromatic carbocycles. The van der Waals surface area contributed by atoms with Crippen LogP contribution in [0.25, 0.3) is 0 Å². The molecule has 0 saturated carbocycles. The minimum atomic E-state index is -4.59. The fourth-order valence-corrected chi connectivity index (χ4v) is 3.84. The third-order valence-electron chi connectivity index (χ3n) is 3.16. The van der Waals surface area contributed by atoms with Crippen molar-refractivity contribution >= 4 is 27.3 Å². The Kier molecular flexibility index (Phi) is 4.91. The number of hydrogen-bond donors (Lipinski definition) is 0. The molecule has 124 valence electrons. The Hall–Kier alpha value is -1.73. The molecule has 0 saturated heterocycles. The molecule has 0 bridgehead atoms. The number of hydrogen-bond acceptors (Lipinski definition) is 2. The molecule has 0 N–H and O–H groups in total. The highest BCUT2D eigenvalue weighted by Crippen LogP contribution is 2.37. The highest BCUT2D eigenvalue weighted by Gasteiger charge is 2.33. The summed E-state index contributed by atoms with van der Waals surface area (Å²) in [4.78, 5) is -0.0182. The number of alkyl halides is 3. The van der Waals surface area contributed by atoms with Crippen molar-refractivity contribution < 1.29 is 21.6 Å². The minimum absolute atomic E-state index is 0.0182. The van der Waals surface area contributed by atoms with Gasteiger partial charge in [0.1, 0.15) is 0 Å². The van der Waals surface area contributed by atoms with Crippen molar-refractivity contribution in [3.63, 3.8) is 0 Å². The van der Waals surface area contributed by atoms with E-state index in [1.54, 1.807) is 6.07 Å². The standard InChI is InChI=1S/C15H13ClF3NO2S/c1-2-20(23(21,22)12-6-4-3-5-7-12)14-10-11(15(17,18)19)8-9-13(14)16/h3-10H,2H2,1H3. The molecule has 0 amide bonds. The van der Waals surface area contributed by atoms with Crippen LogP contribution in [0.4, 0.5) is 18.9 Å². The smallest absolute Gasteiger partial charge is 0.265 e. The maximum atomic E-state index is 12.9. The summed E-state index contributed by atoms with van der Waals surface area (Å²) < 4.78 is 64.8. The third-order valence-corrected chi connectivity index (χ3v) is 5.38. The second-order valence-corrected chi connectivity index (χ2v) is 6.92. The van der Waals surface area contributed by atoms with Gasteiger partial charge in [0.2, 0.25) is 0 Å². The molecule has 0 aliphatic heterocycles. The van der Waals surface area contributed by atoms with Gasteiger partial charge in [-0.15, -0.1) is 0 Å². The van der Waals surface area contributed by atoms with E-state index in [1.165, 1.54) is 31.2 Å². The zero-order valence-corrected chi connectivity index (χ0v) is 13.6. The van der Waals surface area contributed by atoms with Crippen LogP contribution in [-0.2, 0) is 16.2 Å². The molecule has 0 aromatic heterocycles. The molecule has 0 spiro atoms. The maximum absolute atomic E-state index is 12.9. The summed E-state index contributed by atoms with van der Waals surface area (Å²) in [6, 6.07) is 10.1. The molecule has 0 heterocycles. The average Bonchev–Trinajstić information content (AvgIpc) is 2.49. The number of halogens is 4. The average molecular weight is 364 g/mol. The molecular formula is C15H13ClF3NO2S. The molecule has 0 atom stereocenters. The van der Waals surface area contributed by atoms with Gasteiger partial charge in [-0.3, -0.25) is 4.31 Å². The van der Waals surface area contributed by atoms with Crippen LogP contribution in [0, 0.1) is 0 Å². The van der Waals surface area contributed by atoms with Crippen molar-refractivity contribution in [1.29, 1.82) is 0 Å². The quantitative estimate of drug-likeness (QED) is 0.797.